The molecule has 0 saturated carbocycles. The molecule has 0 bridgehead atoms. The molecule has 0 N–H and O–H groups in total. The number of ether oxygens (including phenoxy) is 3. The van der Waals surface area contributed by atoms with Gasteiger partial charge in [-0.25, -0.2) is 0 Å². The summed E-state index contributed by atoms with van der Waals surface area (Å²) in [4.78, 5) is 11.9. The van der Waals surface area contributed by atoms with E-state index in [1.807, 2.05) is 13.8 Å². The molecule has 19 heavy (non-hydrogen) atoms. The largest absolute Gasteiger partial charge is 0.495 e. The Bertz CT molecular complexity index is 420. The summed E-state index contributed by atoms with van der Waals surface area (Å²) in [6.07, 6.45) is -0.113. The first-order chi connectivity index (χ1) is 9.08. The molecular weight excluding hydrogens is 268 g/mol. The van der Waals surface area contributed by atoms with E-state index >= 15 is 0 Å². The van der Waals surface area contributed by atoms with Crippen molar-refractivity contribution in [3.8, 4) is 5.75 Å². The average molecular weight is 287 g/mol. The smallest absolute Gasteiger partial charge is 0.188 e. The second-order valence-corrected chi connectivity index (χ2v) is 4.46. The highest BCUT2D eigenvalue weighted by atomic mass is 35.5. The van der Waals surface area contributed by atoms with E-state index in [9.17, 15) is 4.79 Å². The molecule has 0 radical (unpaired) electrons. The lowest BCUT2D eigenvalue weighted by Gasteiger charge is -2.12. The summed E-state index contributed by atoms with van der Waals surface area (Å²) in [5, 5.41) is 0.413. The minimum atomic E-state index is -0.118. The highest BCUT2D eigenvalue weighted by Crippen LogP contribution is 2.25. The predicted octanol–water partition coefficient (Wildman–Crippen LogP) is 2.97. The Morgan fingerprint density at radius 1 is 1.42 bits per heavy atom. The van der Waals surface area contributed by atoms with Crippen LogP contribution in [0.5, 0.6) is 5.75 Å². The molecule has 0 aliphatic carbocycles. The van der Waals surface area contributed by atoms with Crippen molar-refractivity contribution in [3.63, 3.8) is 0 Å². The van der Waals surface area contributed by atoms with Crippen molar-refractivity contribution >= 4 is 17.4 Å². The number of benzene rings is 1. The van der Waals surface area contributed by atoms with Gasteiger partial charge >= 0.3 is 0 Å². The predicted molar refractivity (Wildman–Crippen MR) is 74.2 cm³/mol. The minimum absolute atomic E-state index is 0.0108. The molecule has 106 valence electrons. The fourth-order valence-electron chi connectivity index (χ4n) is 1.47. The first-order valence-electron chi connectivity index (χ1n) is 6.14. The molecule has 1 unspecified atom stereocenters. The third-order valence-corrected chi connectivity index (χ3v) is 2.82. The van der Waals surface area contributed by atoms with Crippen molar-refractivity contribution in [3.05, 3.63) is 28.8 Å². The van der Waals surface area contributed by atoms with Gasteiger partial charge in [-0.15, -0.1) is 0 Å². The number of ketones is 1. The second kappa shape index (κ2) is 8.15. The zero-order valence-electron chi connectivity index (χ0n) is 11.4. The zero-order chi connectivity index (χ0) is 14.3. The van der Waals surface area contributed by atoms with Crippen LogP contribution >= 0.6 is 11.6 Å². The Hall–Kier alpha value is -1.10. The van der Waals surface area contributed by atoms with E-state index in [4.69, 9.17) is 25.8 Å². The van der Waals surface area contributed by atoms with Gasteiger partial charge in [0, 0.05) is 12.2 Å². The second-order valence-electron chi connectivity index (χ2n) is 4.05. The maximum absolute atomic E-state index is 11.9. The molecule has 5 heteroatoms. The summed E-state index contributed by atoms with van der Waals surface area (Å²) >= 11 is 5.97. The number of hydrogen-bond donors (Lipinski definition) is 0. The Morgan fingerprint density at radius 2 is 2.16 bits per heavy atom. The molecule has 1 aromatic rings. The van der Waals surface area contributed by atoms with Crippen LogP contribution in [0, 0.1) is 0 Å². The summed E-state index contributed by atoms with van der Waals surface area (Å²) in [6, 6.07) is 4.92. The molecule has 0 amide bonds. The van der Waals surface area contributed by atoms with Gasteiger partial charge in [0.15, 0.2) is 5.78 Å². The average Bonchev–Trinajstić information content (AvgIpc) is 2.42. The maximum atomic E-state index is 11.9. The quantitative estimate of drug-likeness (QED) is 0.689. The number of methoxy groups -OCH3 is 1. The van der Waals surface area contributed by atoms with Gasteiger partial charge in [-0.3, -0.25) is 4.79 Å². The number of rotatable bonds is 8. The Balaban J connectivity index is 2.51. The summed E-state index contributed by atoms with van der Waals surface area (Å²) in [5.41, 5.74) is 0.509. The van der Waals surface area contributed by atoms with E-state index in [1.165, 1.54) is 7.11 Å². The van der Waals surface area contributed by atoms with Crippen molar-refractivity contribution in [2.75, 3.05) is 26.9 Å². The topological polar surface area (TPSA) is 44.8 Å². The van der Waals surface area contributed by atoms with Crippen molar-refractivity contribution in [1.82, 2.24) is 0 Å². The van der Waals surface area contributed by atoms with Gasteiger partial charge in [0.1, 0.15) is 12.4 Å². The van der Waals surface area contributed by atoms with Crippen LogP contribution in [0.15, 0.2) is 18.2 Å². The normalized spacial score (nSPS) is 12.2. The number of hydrogen-bond acceptors (Lipinski definition) is 4. The SMILES string of the molecule is CCOCC(C)OCC(=O)c1ccc(OC)c(Cl)c1. The first-order valence-corrected chi connectivity index (χ1v) is 6.52. The van der Waals surface area contributed by atoms with E-state index in [1.54, 1.807) is 18.2 Å². The molecule has 1 atom stereocenters. The van der Waals surface area contributed by atoms with Gasteiger partial charge in [-0.05, 0) is 32.0 Å². The van der Waals surface area contributed by atoms with Gasteiger partial charge in [-0.2, -0.15) is 0 Å². The van der Waals surface area contributed by atoms with Crippen molar-refractivity contribution in [2.24, 2.45) is 0 Å². The fraction of sp³-hybridized carbons (Fsp3) is 0.500. The first kappa shape index (κ1) is 16.0. The molecule has 4 nitrogen and oxygen atoms in total. The van der Waals surface area contributed by atoms with Crippen LogP contribution in [-0.2, 0) is 9.47 Å². The van der Waals surface area contributed by atoms with Crippen LogP contribution in [0.4, 0.5) is 0 Å². The van der Waals surface area contributed by atoms with Crippen LogP contribution in [0.2, 0.25) is 5.02 Å². The standard InChI is InChI=1S/C14H19ClO4/c1-4-18-8-10(2)19-9-13(16)11-5-6-14(17-3)12(15)7-11/h5-7,10H,4,8-9H2,1-3H3. The third kappa shape index (κ3) is 5.19. The fourth-order valence-corrected chi connectivity index (χ4v) is 1.73. The van der Waals surface area contributed by atoms with E-state index in [0.29, 0.717) is 29.5 Å². The summed E-state index contributed by atoms with van der Waals surface area (Å²) in [7, 11) is 1.53. The lowest BCUT2D eigenvalue weighted by molar-refractivity contribution is 0.00115. The molecule has 0 aliphatic rings. The summed E-state index contributed by atoms with van der Waals surface area (Å²) < 4.78 is 15.6. The van der Waals surface area contributed by atoms with Crippen molar-refractivity contribution in [1.29, 1.82) is 0 Å². The number of Topliss-reactive ketones (excluding diaryl/α,β-unsaturated/α-hetero) is 1. The van der Waals surface area contributed by atoms with Crippen LogP contribution in [0.1, 0.15) is 24.2 Å². The summed E-state index contributed by atoms with van der Waals surface area (Å²) in [5.74, 6) is 0.428. The van der Waals surface area contributed by atoms with Crippen molar-refractivity contribution < 1.29 is 19.0 Å². The van der Waals surface area contributed by atoms with Crippen LogP contribution in [0.25, 0.3) is 0 Å². The van der Waals surface area contributed by atoms with E-state index < -0.39 is 0 Å². The van der Waals surface area contributed by atoms with E-state index in [-0.39, 0.29) is 18.5 Å². The minimum Gasteiger partial charge on any atom is -0.495 e. The number of halogens is 1. The maximum Gasteiger partial charge on any atom is 0.188 e. The van der Waals surface area contributed by atoms with E-state index in [0.717, 1.165) is 0 Å². The number of carbonyl (C=O) groups is 1. The van der Waals surface area contributed by atoms with E-state index in [2.05, 4.69) is 0 Å². The Kier molecular flexibility index (Phi) is 6.84. The lowest BCUT2D eigenvalue weighted by Crippen LogP contribution is -2.20. The van der Waals surface area contributed by atoms with Crippen LogP contribution < -0.4 is 4.74 Å². The van der Waals surface area contributed by atoms with Crippen LogP contribution in [0.3, 0.4) is 0 Å². The summed E-state index contributed by atoms with van der Waals surface area (Å²) in [6.45, 7) is 4.90. The Morgan fingerprint density at radius 3 is 2.74 bits per heavy atom. The molecule has 0 saturated heterocycles. The Labute approximate surface area is 118 Å². The molecular formula is C14H19ClO4. The molecule has 0 spiro atoms. The molecule has 1 aromatic carbocycles. The highest BCUT2D eigenvalue weighted by Gasteiger charge is 2.11. The van der Waals surface area contributed by atoms with Gasteiger partial charge in [0.05, 0.1) is 24.8 Å². The molecule has 0 fully saturated rings. The monoisotopic (exact) mass is 286 g/mol. The van der Waals surface area contributed by atoms with Gasteiger partial charge < -0.3 is 14.2 Å². The zero-order valence-corrected chi connectivity index (χ0v) is 12.2. The van der Waals surface area contributed by atoms with Crippen molar-refractivity contribution in [2.45, 2.75) is 20.0 Å². The lowest BCUT2D eigenvalue weighted by atomic mass is 10.1. The molecule has 0 heterocycles. The number of carbonyl (C=O) groups excluding carboxylic acids is 1. The third-order valence-electron chi connectivity index (χ3n) is 2.53. The molecule has 1 rings (SSSR count). The molecule has 0 aliphatic heterocycles. The molecule has 0 aromatic heterocycles. The van der Waals surface area contributed by atoms with Gasteiger partial charge in [-0.1, -0.05) is 11.6 Å². The van der Waals surface area contributed by atoms with Crippen LogP contribution in [-0.4, -0.2) is 38.8 Å². The highest BCUT2D eigenvalue weighted by molar-refractivity contribution is 6.32. The van der Waals surface area contributed by atoms with Gasteiger partial charge in [0.2, 0.25) is 0 Å². The van der Waals surface area contributed by atoms with Gasteiger partial charge in [0.25, 0.3) is 0 Å².